The Labute approximate surface area is 106 Å². The van der Waals surface area contributed by atoms with Crippen molar-refractivity contribution in [1.29, 1.82) is 0 Å². The summed E-state index contributed by atoms with van der Waals surface area (Å²) < 4.78 is 1.57. The lowest BCUT2D eigenvalue weighted by Crippen LogP contribution is -2.34. The van der Waals surface area contributed by atoms with Crippen molar-refractivity contribution in [3.63, 3.8) is 0 Å². The van der Waals surface area contributed by atoms with Crippen LogP contribution in [0.3, 0.4) is 0 Å². The molecule has 0 bridgehead atoms. The average Bonchev–Trinajstić information content (AvgIpc) is 2.30. The van der Waals surface area contributed by atoms with Crippen LogP contribution in [0.2, 0.25) is 0 Å². The van der Waals surface area contributed by atoms with Gasteiger partial charge in [-0.05, 0) is 22.9 Å². The second-order valence-corrected chi connectivity index (χ2v) is 4.09. The number of aromatic nitrogens is 2. The van der Waals surface area contributed by atoms with E-state index < -0.39 is 12.0 Å². The normalized spacial score (nSPS) is 12.2. The van der Waals surface area contributed by atoms with Gasteiger partial charge in [-0.1, -0.05) is 0 Å². The summed E-state index contributed by atoms with van der Waals surface area (Å²) in [6, 6.07) is 0. The lowest BCUT2D eigenvalue weighted by Gasteiger charge is -2.11. The monoisotopic (exact) mass is 304 g/mol. The van der Waals surface area contributed by atoms with Crippen LogP contribution in [0, 0.1) is 0 Å². The van der Waals surface area contributed by atoms with Crippen LogP contribution in [0.1, 0.15) is 6.92 Å². The lowest BCUT2D eigenvalue weighted by atomic mass is 10.3. The van der Waals surface area contributed by atoms with Crippen molar-refractivity contribution in [1.82, 2.24) is 9.78 Å². The summed E-state index contributed by atoms with van der Waals surface area (Å²) in [6.07, 6.45) is 0.124. The second-order valence-electron chi connectivity index (χ2n) is 3.29. The topological polar surface area (TPSA) is 110 Å². The summed E-state index contributed by atoms with van der Waals surface area (Å²) in [6.45, 7) is 2.18. The molecule has 1 amide bonds. The van der Waals surface area contributed by atoms with Crippen LogP contribution in [0.4, 0.5) is 5.69 Å². The summed E-state index contributed by atoms with van der Waals surface area (Å²) >= 11 is 3.13. The van der Waals surface area contributed by atoms with Gasteiger partial charge in [-0.2, -0.15) is 5.10 Å². The zero-order valence-corrected chi connectivity index (χ0v) is 10.8. The number of nitrogens with two attached hydrogens (primary N) is 1. The Morgan fingerprint density at radius 2 is 2.41 bits per heavy atom. The number of rotatable bonds is 5. The van der Waals surface area contributed by atoms with Crippen LogP contribution >= 0.6 is 15.9 Å². The zero-order valence-electron chi connectivity index (χ0n) is 9.18. The highest BCUT2D eigenvalue weighted by atomic mass is 79.9. The summed E-state index contributed by atoms with van der Waals surface area (Å²) in [5, 5.41) is 15.8. The maximum Gasteiger partial charge on any atom is 0.283 e. The van der Waals surface area contributed by atoms with Crippen LogP contribution < -0.4 is 16.6 Å². The van der Waals surface area contributed by atoms with E-state index >= 15 is 0 Å². The van der Waals surface area contributed by atoms with Gasteiger partial charge in [0.15, 0.2) is 0 Å². The number of nitrogens with one attached hydrogen (secondary N) is 1. The van der Waals surface area contributed by atoms with E-state index in [2.05, 4.69) is 26.3 Å². The molecule has 8 heteroatoms. The summed E-state index contributed by atoms with van der Waals surface area (Å²) in [5.41, 5.74) is 5.01. The maximum atomic E-state index is 11.7. The minimum absolute atomic E-state index is 0.0782. The van der Waals surface area contributed by atoms with Crippen molar-refractivity contribution in [2.24, 2.45) is 5.73 Å². The Morgan fingerprint density at radius 3 is 2.94 bits per heavy atom. The van der Waals surface area contributed by atoms with Crippen LogP contribution in [0.25, 0.3) is 0 Å². The Morgan fingerprint density at radius 1 is 1.76 bits per heavy atom. The third kappa shape index (κ3) is 3.27. The molecule has 94 valence electrons. The molecular formula is C9H13BrN4O3. The van der Waals surface area contributed by atoms with Crippen molar-refractivity contribution in [3.8, 4) is 0 Å². The molecule has 7 nitrogen and oxygen atoms in total. The van der Waals surface area contributed by atoms with E-state index in [4.69, 9.17) is 5.73 Å². The molecule has 0 aromatic carbocycles. The molecule has 0 aliphatic carbocycles. The molecule has 1 heterocycles. The van der Waals surface area contributed by atoms with Gasteiger partial charge in [0.05, 0.1) is 11.9 Å². The number of hydrogen-bond acceptors (Lipinski definition) is 5. The van der Waals surface area contributed by atoms with Crippen LogP contribution in [-0.2, 0) is 11.3 Å². The maximum absolute atomic E-state index is 11.7. The molecule has 0 spiro atoms. The predicted molar refractivity (Wildman–Crippen MR) is 65.6 cm³/mol. The first-order valence-corrected chi connectivity index (χ1v) is 5.73. The van der Waals surface area contributed by atoms with Crippen molar-refractivity contribution in [2.45, 2.75) is 19.6 Å². The summed E-state index contributed by atoms with van der Waals surface area (Å²) in [7, 11) is 0. The third-order valence-electron chi connectivity index (χ3n) is 2.10. The fourth-order valence-corrected chi connectivity index (χ4v) is 1.57. The van der Waals surface area contributed by atoms with E-state index in [0.717, 1.165) is 0 Å². The number of aliphatic hydroxyl groups is 1. The number of anilines is 1. The second kappa shape index (κ2) is 5.78. The molecule has 0 saturated heterocycles. The summed E-state index contributed by atoms with van der Waals surface area (Å²) in [4.78, 5) is 22.3. The van der Waals surface area contributed by atoms with E-state index in [1.165, 1.54) is 10.9 Å². The molecule has 1 aromatic rings. The van der Waals surface area contributed by atoms with Gasteiger partial charge in [0, 0.05) is 13.1 Å². The molecular weight excluding hydrogens is 292 g/mol. The molecule has 0 aliphatic heterocycles. The van der Waals surface area contributed by atoms with E-state index in [1.807, 2.05) is 0 Å². The highest BCUT2D eigenvalue weighted by Gasteiger charge is 2.12. The van der Waals surface area contributed by atoms with E-state index in [9.17, 15) is 14.7 Å². The van der Waals surface area contributed by atoms with Crippen molar-refractivity contribution >= 4 is 27.5 Å². The first kappa shape index (κ1) is 13.7. The lowest BCUT2D eigenvalue weighted by molar-refractivity contribution is -0.125. The van der Waals surface area contributed by atoms with Gasteiger partial charge in [-0.25, -0.2) is 4.68 Å². The molecule has 0 radical (unpaired) electrons. The van der Waals surface area contributed by atoms with Gasteiger partial charge in [0.1, 0.15) is 10.6 Å². The highest BCUT2D eigenvalue weighted by molar-refractivity contribution is 9.10. The Balaban J connectivity index is 2.83. The first-order chi connectivity index (χ1) is 7.97. The van der Waals surface area contributed by atoms with E-state index in [0.29, 0.717) is 16.7 Å². The molecule has 0 fully saturated rings. The van der Waals surface area contributed by atoms with Gasteiger partial charge in [-0.3, -0.25) is 9.59 Å². The van der Waals surface area contributed by atoms with Crippen LogP contribution in [0.15, 0.2) is 15.5 Å². The molecule has 1 aromatic heterocycles. The minimum atomic E-state index is -1.31. The molecule has 0 saturated carbocycles. The smallest absolute Gasteiger partial charge is 0.283 e. The predicted octanol–water partition coefficient (Wildman–Crippen LogP) is -0.716. The quantitative estimate of drug-likeness (QED) is 0.665. The molecule has 1 unspecified atom stereocenters. The molecule has 1 rings (SSSR count). The molecule has 17 heavy (non-hydrogen) atoms. The van der Waals surface area contributed by atoms with E-state index in [1.54, 1.807) is 6.92 Å². The number of nitrogens with zero attached hydrogens (tertiary/aromatic N) is 2. The largest absolute Gasteiger partial charge is 0.381 e. The average molecular weight is 305 g/mol. The fourth-order valence-electron chi connectivity index (χ4n) is 1.12. The van der Waals surface area contributed by atoms with Gasteiger partial charge >= 0.3 is 0 Å². The fraction of sp³-hybridized carbons (Fsp3) is 0.444. The number of hydrogen-bond donors (Lipinski definition) is 3. The standard InChI is InChI=1S/C9H13BrN4O3/c1-2-14-9(17)7(10)5(3-13-14)12-4-6(15)8(11)16/h3,6,12,15H,2,4H2,1H3,(H2,11,16). The van der Waals surface area contributed by atoms with Crippen molar-refractivity contribution in [2.75, 3.05) is 11.9 Å². The number of halogens is 1. The van der Waals surface area contributed by atoms with Gasteiger partial charge in [0.2, 0.25) is 5.91 Å². The number of aryl methyl sites for hydroxylation is 1. The van der Waals surface area contributed by atoms with Crippen molar-refractivity contribution < 1.29 is 9.90 Å². The Hall–Kier alpha value is -1.41. The van der Waals surface area contributed by atoms with Crippen LogP contribution in [-0.4, -0.2) is 33.4 Å². The number of carbonyl (C=O) groups excluding carboxylic acids is 1. The Kier molecular flexibility index (Phi) is 4.64. The van der Waals surface area contributed by atoms with Gasteiger partial charge < -0.3 is 16.2 Å². The molecule has 1 atom stereocenters. The highest BCUT2D eigenvalue weighted by Crippen LogP contribution is 2.15. The summed E-state index contributed by atoms with van der Waals surface area (Å²) in [5.74, 6) is -0.830. The van der Waals surface area contributed by atoms with Gasteiger partial charge in [0.25, 0.3) is 5.56 Å². The number of primary amides is 1. The number of carbonyl (C=O) groups is 1. The number of amides is 1. The number of aliphatic hydroxyl groups excluding tert-OH is 1. The van der Waals surface area contributed by atoms with Gasteiger partial charge in [-0.15, -0.1) is 0 Å². The van der Waals surface area contributed by atoms with E-state index in [-0.39, 0.29) is 12.1 Å². The van der Waals surface area contributed by atoms with Crippen molar-refractivity contribution in [3.05, 3.63) is 21.0 Å². The SMILES string of the molecule is CCn1ncc(NCC(O)C(N)=O)c(Br)c1=O. The molecule has 0 aliphatic rings. The molecule has 4 N–H and O–H groups in total. The minimum Gasteiger partial charge on any atom is -0.381 e. The zero-order chi connectivity index (χ0) is 13.0. The van der Waals surface area contributed by atoms with Crippen LogP contribution in [0.5, 0.6) is 0 Å². The third-order valence-corrected chi connectivity index (χ3v) is 2.87. The Bertz CT molecular complexity index is 474. The first-order valence-electron chi connectivity index (χ1n) is 4.94.